The molecular formula is C10H19ClN2O. The average Bonchev–Trinajstić information content (AvgIpc) is 2.13. The third-order valence-corrected chi connectivity index (χ3v) is 2.03. The number of halogens is 1. The van der Waals surface area contributed by atoms with Crippen LogP contribution in [0.15, 0.2) is 0 Å². The van der Waals surface area contributed by atoms with E-state index in [-0.39, 0.29) is 0 Å². The molecule has 0 rings (SSSR count). The van der Waals surface area contributed by atoms with E-state index in [0.29, 0.717) is 19.1 Å². The maximum atomic E-state index is 8.60. The summed E-state index contributed by atoms with van der Waals surface area (Å²) in [6.07, 6.45) is 0. The van der Waals surface area contributed by atoms with E-state index >= 15 is 0 Å². The molecule has 82 valence electrons. The lowest BCUT2D eigenvalue weighted by atomic mass is 10.2. The molecule has 0 amide bonds. The van der Waals surface area contributed by atoms with Crippen molar-refractivity contribution in [3.05, 3.63) is 0 Å². The number of methoxy groups -OCH3 is 1. The van der Waals surface area contributed by atoms with Crippen LogP contribution in [0.3, 0.4) is 0 Å². The molecule has 3 nitrogen and oxygen atoms in total. The smallest absolute Gasteiger partial charge is 0.133 e. The molecule has 0 saturated heterocycles. The van der Waals surface area contributed by atoms with E-state index in [4.69, 9.17) is 21.6 Å². The van der Waals surface area contributed by atoms with Gasteiger partial charge in [0, 0.05) is 26.7 Å². The number of hydrogen-bond acceptors (Lipinski definition) is 3. The number of ether oxygens (including phenoxy) is 1. The summed E-state index contributed by atoms with van der Waals surface area (Å²) in [5.74, 6) is 0.578. The molecule has 0 aromatic carbocycles. The van der Waals surface area contributed by atoms with Crippen LogP contribution in [0.25, 0.3) is 0 Å². The molecule has 0 saturated carbocycles. The second-order valence-corrected chi connectivity index (χ2v) is 4.27. The lowest BCUT2D eigenvalue weighted by Crippen LogP contribution is -2.35. The Balaban J connectivity index is 3.91. The maximum Gasteiger partial charge on any atom is 0.133 e. The molecule has 0 N–H and O–H groups in total. The Bertz CT molecular complexity index is 179. The quantitative estimate of drug-likeness (QED) is 0.611. The summed E-state index contributed by atoms with van der Waals surface area (Å²) in [6.45, 7) is 7.38. The molecule has 0 aromatic rings. The summed E-state index contributed by atoms with van der Waals surface area (Å²) in [7, 11) is 1.68. The summed E-state index contributed by atoms with van der Waals surface area (Å²) in [5.41, 5.74) is 0. The molecular weight excluding hydrogens is 200 g/mol. The van der Waals surface area contributed by atoms with Gasteiger partial charge in [-0.05, 0) is 5.92 Å². The van der Waals surface area contributed by atoms with Gasteiger partial charge in [-0.2, -0.15) is 5.26 Å². The summed E-state index contributed by atoms with van der Waals surface area (Å²) in [5, 5.41) is 8.18. The lowest BCUT2D eigenvalue weighted by molar-refractivity contribution is 0.142. The first kappa shape index (κ1) is 13.7. The summed E-state index contributed by atoms with van der Waals surface area (Å²) >= 11 is 5.78. The second kappa shape index (κ2) is 8.05. The maximum absolute atomic E-state index is 8.60. The van der Waals surface area contributed by atoms with Crippen molar-refractivity contribution >= 4 is 11.6 Å². The SMILES string of the molecule is COCCN(CC(C)C)CC(Cl)C#N. The highest BCUT2D eigenvalue weighted by Gasteiger charge is 2.12. The molecule has 0 aliphatic carbocycles. The van der Waals surface area contributed by atoms with Crippen molar-refractivity contribution in [3.63, 3.8) is 0 Å². The standard InChI is InChI=1S/C10H19ClN2O/c1-9(2)7-13(4-5-14-3)8-10(11)6-12/h9-10H,4-5,7-8H2,1-3H3. The first-order chi connectivity index (χ1) is 6.60. The molecule has 0 spiro atoms. The van der Waals surface area contributed by atoms with Gasteiger partial charge in [0.25, 0.3) is 0 Å². The zero-order valence-electron chi connectivity index (χ0n) is 9.16. The summed E-state index contributed by atoms with van der Waals surface area (Å²) < 4.78 is 5.00. The third kappa shape index (κ3) is 7.14. The monoisotopic (exact) mass is 218 g/mol. The van der Waals surface area contributed by atoms with Crippen molar-refractivity contribution in [1.82, 2.24) is 4.90 Å². The van der Waals surface area contributed by atoms with Crippen LogP contribution in [0.1, 0.15) is 13.8 Å². The molecule has 0 fully saturated rings. The van der Waals surface area contributed by atoms with E-state index in [9.17, 15) is 0 Å². The van der Waals surface area contributed by atoms with Crippen molar-refractivity contribution in [1.29, 1.82) is 5.26 Å². The van der Waals surface area contributed by atoms with Crippen molar-refractivity contribution in [2.75, 3.05) is 33.4 Å². The molecule has 0 heterocycles. The predicted octanol–water partition coefficient (Wildman–Crippen LogP) is 1.72. The Labute approximate surface area is 91.6 Å². The fourth-order valence-electron chi connectivity index (χ4n) is 1.26. The van der Waals surface area contributed by atoms with Gasteiger partial charge >= 0.3 is 0 Å². The predicted molar refractivity (Wildman–Crippen MR) is 58.4 cm³/mol. The van der Waals surface area contributed by atoms with Gasteiger partial charge in [0.05, 0.1) is 12.7 Å². The second-order valence-electron chi connectivity index (χ2n) is 3.74. The van der Waals surface area contributed by atoms with Crippen LogP contribution < -0.4 is 0 Å². The van der Waals surface area contributed by atoms with Crippen molar-refractivity contribution in [3.8, 4) is 6.07 Å². The van der Waals surface area contributed by atoms with Gasteiger partial charge in [-0.1, -0.05) is 13.8 Å². The molecule has 0 aliphatic heterocycles. The van der Waals surface area contributed by atoms with E-state index in [1.165, 1.54) is 0 Å². The fraction of sp³-hybridized carbons (Fsp3) is 0.900. The van der Waals surface area contributed by atoms with Crippen molar-refractivity contribution in [2.24, 2.45) is 5.92 Å². The average molecular weight is 219 g/mol. The van der Waals surface area contributed by atoms with Crippen LogP contribution >= 0.6 is 11.6 Å². The van der Waals surface area contributed by atoms with Crippen LogP contribution in [0, 0.1) is 17.2 Å². The highest BCUT2D eigenvalue weighted by Crippen LogP contribution is 2.03. The van der Waals surface area contributed by atoms with Gasteiger partial charge in [-0.25, -0.2) is 0 Å². The largest absolute Gasteiger partial charge is 0.383 e. The number of alkyl halides is 1. The first-order valence-electron chi connectivity index (χ1n) is 4.85. The Morgan fingerprint density at radius 3 is 2.50 bits per heavy atom. The number of rotatable bonds is 7. The van der Waals surface area contributed by atoms with Crippen LogP contribution in [0.5, 0.6) is 0 Å². The van der Waals surface area contributed by atoms with Crippen molar-refractivity contribution < 1.29 is 4.74 Å². The van der Waals surface area contributed by atoms with Crippen LogP contribution in [-0.2, 0) is 4.74 Å². The van der Waals surface area contributed by atoms with Gasteiger partial charge < -0.3 is 4.74 Å². The minimum absolute atomic E-state index is 0.425. The van der Waals surface area contributed by atoms with E-state index in [1.54, 1.807) is 7.11 Å². The van der Waals surface area contributed by atoms with Gasteiger partial charge in [0.1, 0.15) is 5.38 Å². The van der Waals surface area contributed by atoms with Crippen LogP contribution in [-0.4, -0.2) is 43.6 Å². The number of nitrogens with zero attached hydrogens (tertiary/aromatic N) is 2. The van der Waals surface area contributed by atoms with Crippen molar-refractivity contribution in [2.45, 2.75) is 19.2 Å². The minimum atomic E-state index is -0.425. The Morgan fingerprint density at radius 2 is 2.07 bits per heavy atom. The third-order valence-electron chi connectivity index (χ3n) is 1.79. The van der Waals surface area contributed by atoms with E-state index in [2.05, 4.69) is 18.7 Å². The molecule has 0 bridgehead atoms. The number of nitriles is 1. The summed E-state index contributed by atoms with van der Waals surface area (Å²) in [6, 6.07) is 2.03. The Kier molecular flexibility index (Phi) is 7.87. The molecule has 4 heteroatoms. The van der Waals surface area contributed by atoms with E-state index < -0.39 is 5.38 Å². The van der Waals surface area contributed by atoms with E-state index in [0.717, 1.165) is 13.1 Å². The zero-order chi connectivity index (χ0) is 11.0. The zero-order valence-corrected chi connectivity index (χ0v) is 9.92. The van der Waals surface area contributed by atoms with Gasteiger partial charge in [-0.3, -0.25) is 4.90 Å². The molecule has 0 radical (unpaired) electrons. The number of hydrogen-bond donors (Lipinski definition) is 0. The Morgan fingerprint density at radius 1 is 1.43 bits per heavy atom. The van der Waals surface area contributed by atoms with E-state index in [1.807, 2.05) is 6.07 Å². The molecule has 0 aromatic heterocycles. The van der Waals surface area contributed by atoms with Gasteiger partial charge in [-0.15, -0.1) is 11.6 Å². The summed E-state index contributed by atoms with van der Waals surface area (Å²) in [4.78, 5) is 2.16. The molecule has 1 unspecified atom stereocenters. The minimum Gasteiger partial charge on any atom is -0.383 e. The lowest BCUT2D eigenvalue weighted by Gasteiger charge is -2.24. The first-order valence-corrected chi connectivity index (χ1v) is 5.28. The van der Waals surface area contributed by atoms with Gasteiger partial charge in [0.15, 0.2) is 0 Å². The highest BCUT2D eigenvalue weighted by molar-refractivity contribution is 6.22. The fourth-order valence-corrected chi connectivity index (χ4v) is 1.46. The topological polar surface area (TPSA) is 36.3 Å². The molecule has 1 atom stereocenters. The molecule has 14 heavy (non-hydrogen) atoms. The normalized spacial score (nSPS) is 13.2. The van der Waals surface area contributed by atoms with Gasteiger partial charge in [0.2, 0.25) is 0 Å². The van der Waals surface area contributed by atoms with Crippen LogP contribution in [0.2, 0.25) is 0 Å². The molecule has 0 aliphatic rings. The highest BCUT2D eigenvalue weighted by atomic mass is 35.5. The Hall–Kier alpha value is -0.300. The van der Waals surface area contributed by atoms with Crippen LogP contribution in [0.4, 0.5) is 0 Å².